The van der Waals surface area contributed by atoms with Crippen molar-refractivity contribution in [2.45, 2.75) is 0 Å². The van der Waals surface area contributed by atoms with Crippen LogP contribution in [0.1, 0.15) is 10.5 Å². The lowest BCUT2D eigenvalue weighted by Gasteiger charge is -2.03. The fourth-order valence-electron chi connectivity index (χ4n) is 1.18. The summed E-state index contributed by atoms with van der Waals surface area (Å²) in [5.41, 5.74) is 0.572. The van der Waals surface area contributed by atoms with Crippen molar-refractivity contribution in [3.05, 3.63) is 54.4 Å². The largest absolute Gasteiger partial charge is 0.321 e. The third-order valence-electron chi connectivity index (χ3n) is 1.88. The highest BCUT2D eigenvalue weighted by atomic mass is 19.1. The highest BCUT2D eigenvalue weighted by Gasteiger charge is 2.07. The van der Waals surface area contributed by atoms with Gasteiger partial charge in [-0.3, -0.25) is 9.78 Å². The number of hydrogen-bond donors (Lipinski definition) is 1. The van der Waals surface area contributed by atoms with Gasteiger partial charge in [-0.1, -0.05) is 6.07 Å². The second kappa shape index (κ2) is 4.48. The van der Waals surface area contributed by atoms with Gasteiger partial charge in [0.25, 0.3) is 5.91 Å². The Morgan fingerprint density at radius 1 is 1.31 bits per heavy atom. The Balaban J connectivity index is 2.14. The molecule has 0 spiro atoms. The molecule has 2 aromatic rings. The van der Waals surface area contributed by atoms with E-state index in [9.17, 15) is 9.18 Å². The SMILES string of the molecule is O=C(Nc1cccc(F)c1)c1cnccn1. The van der Waals surface area contributed by atoms with E-state index < -0.39 is 11.7 Å². The minimum Gasteiger partial charge on any atom is -0.321 e. The van der Waals surface area contributed by atoms with Crippen LogP contribution in [0.2, 0.25) is 0 Å². The van der Waals surface area contributed by atoms with Gasteiger partial charge >= 0.3 is 0 Å². The Morgan fingerprint density at radius 2 is 2.19 bits per heavy atom. The van der Waals surface area contributed by atoms with Crippen molar-refractivity contribution in [3.8, 4) is 0 Å². The Hall–Kier alpha value is -2.30. The molecule has 2 rings (SSSR count). The molecule has 0 aliphatic heterocycles. The van der Waals surface area contributed by atoms with E-state index in [2.05, 4.69) is 15.3 Å². The number of carbonyl (C=O) groups is 1. The molecule has 0 saturated carbocycles. The number of halogens is 1. The molecule has 0 saturated heterocycles. The van der Waals surface area contributed by atoms with Crippen molar-refractivity contribution >= 4 is 11.6 Å². The molecule has 0 bridgehead atoms. The average Bonchev–Trinajstić information content (AvgIpc) is 2.30. The second-order valence-electron chi connectivity index (χ2n) is 3.06. The molecule has 0 unspecified atom stereocenters. The molecule has 0 radical (unpaired) electrons. The standard InChI is InChI=1S/C11H8FN3O/c12-8-2-1-3-9(6-8)15-11(16)10-7-13-4-5-14-10/h1-7H,(H,15,16). The third-order valence-corrected chi connectivity index (χ3v) is 1.88. The van der Waals surface area contributed by atoms with Crippen LogP contribution in [0, 0.1) is 5.82 Å². The minimum absolute atomic E-state index is 0.187. The first-order valence-corrected chi connectivity index (χ1v) is 4.58. The quantitative estimate of drug-likeness (QED) is 0.835. The van der Waals surface area contributed by atoms with Crippen molar-refractivity contribution in [1.82, 2.24) is 9.97 Å². The molecule has 0 atom stereocenters. The zero-order chi connectivity index (χ0) is 11.4. The summed E-state index contributed by atoms with van der Waals surface area (Å²) in [6.45, 7) is 0. The molecule has 1 heterocycles. The van der Waals surface area contributed by atoms with Gasteiger partial charge in [0.05, 0.1) is 6.20 Å². The van der Waals surface area contributed by atoms with Gasteiger partial charge in [-0.15, -0.1) is 0 Å². The van der Waals surface area contributed by atoms with E-state index in [1.165, 1.54) is 36.8 Å². The summed E-state index contributed by atoms with van der Waals surface area (Å²) in [6.07, 6.45) is 4.23. The van der Waals surface area contributed by atoms with Crippen molar-refractivity contribution in [1.29, 1.82) is 0 Å². The topological polar surface area (TPSA) is 54.9 Å². The number of amides is 1. The maximum Gasteiger partial charge on any atom is 0.275 e. The van der Waals surface area contributed by atoms with Gasteiger partial charge in [0.2, 0.25) is 0 Å². The summed E-state index contributed by atoms with van der Waals surface area (Å²) in [5, 5.41) is 2.52. The highest BCUT2D eigenvalue weighted by Crippen LogP contribution is 2.09. The first-order valence-electron chi connectivity index (χ1n) is 4.58. The molecular weight excluding hydrogens is 209 g/mol. The number of hydrogen-bond acceptors (Lipinski definition) is 3. The summed E-state index contributed by atoms with van der Waals surface area (Å²) in [4.78, 5) is 19.2. The molecule has 16 heavy (non-hydrogen) atoms. The van der Waals surface area contributed by atoms with Crippen LogP contribution in [-0.4, -0.2) is 15.9 Å². The van der Waals surface area contributed by atoms with Gasteiger partial charge in [0.1, 0.15) is 11.5 Å². The van der Waals surface area contributed by atoms with Crippen LogP contribution in [0.5, 0.6) is 0 Å². The molecule has 4 nitrogen and oxygen atoms in total. The Morgan fingerprint density at radius 3 is 2.88 bits per heavy atom. The van der Waals surface area contributed by atoms with E-state index >= 15 is 0 Å². The first-order chi connectivity index (χ1) is 7.75. The van der Waals surface area contributed by atoms with E-state index in [0.717, 1.165) is 0 Å². The zero-order valence-corrected chi connectivity index (χ0v) is 8.22. The molecule has 0 aliphatic rings. The molecule has 1 aromatic heterocycles. The third kappa shape index (κ3) is 2.38. The molecule has 1 N–H and O–H groups in total. The monoisotopic (exact) mass is 217 g/mol. The number of nitrogens with zero attached hydrogens (tertiary/aromatic N) is 2. The average molecular weight is 217 g/mol. The van der Waals surface area contributed by atoms with Crippen LogP contribution >= 0.6 is 0 Å². The smallest absolute Gasteiger partial charge is 0.275 e. The molecular formula is C11H8FN3O. The van der Waals surface area contributed by atoms with Crippen LogP contribution in [0.15, 0.2) is 42.9 Å². The van der Waals surface area contributed by atoms with Crippen LogP contribution in [0.25, 0.3) is 0 Å². The number of nitrogens with one attached hydrogen (secondary N) is 1. The molecule has 5 heteroatoms. The van der Waals surface area contributed by atoms with Crippen LogP contribution in [0.4, 0.5) is 10.1 Å². The number of carbonyl (C=O) groups excluding carboxylic acids is 1. The van der Waals surface area contributed by atoms with Crippen LogP contribution in [-0.2, 0) is 0 Å². The Labute approximate surface area is 91.2 Å². The molecule has 0 fully saturated rings. The number of rotatable bonds is 2. The summed E-state index contributed by atoms with van der Waals surface area (Å²) < 4.78 is 12.8. The number of benzene rings is 1. The van der Waals surface area contributed by atoms with E-state index in [4.69, 9.17) is 0 Å². The molecule has 80 valence electrons. The second-order valence-corrected chi connectivity index (χ2v) is 3.06. The maximum absolute atomic E-state index is 12.8. The summed E-state index contributed by atoms with van der Waals surface area (Å²) in [6, 6.07) is 5.64. The fourth-order valence-corrected chi connectivity index (χ4v) is 1.18. The van der Waals surface area contributed by atoms with E-state index in [1.807, 2.05) is 0 Å². The van der Waals surface area contributed by atoms with Crippen molar-refractivity contribution in [3.63, 3.8) is 0 Å². The van der Waals surface area contributed by atoms with Crippen molar-refractivity contribution in [2.24, 2.45) is 0 Å². The van der Waals surface area contributed by atoms with Crippen LogP contribution < -0.4 is 5.32 Å². The van der Waals surface area contributed by atoms with E-state index in [0.29, 0.717) is 5.69 Å². The summed E-state index contributed by atoms with van der Waals surface area (Å²) in [7, 11) is 0. The van der Waals surface area contributed by atoms with Gasteiger partial charge in [-0.25, -0.2) is 9.37 Å². The predicted molar refractivity (Wildman–Crippen MR) is 56.4 cm³/mol. The van der Waals surface area contributed by atoms with Gasteiger partial charge in [-0.2, -0.15) is 0 Å². The lowest BCUT2D eigenvalue weighted by atomic mass is 10.3. The maximum atomic E-state index is 12.8. The zero-order valence-electron chi connectivity index (χ0n) is 8.22. The highest BCUT2D eigenvalue weighted by molar-refractivity contribution is 6.02. The Bertz CT molecular complexity index is 502. The number of aromatic nitrogens is 2. The summed E-state index contributed by atoms with van der Waals surface area (Å²) in [5.74, 6) is -0.823. The normalized spacial score (nSPS) is 9.81. The van der Waals surface area contributed by atoms with Gasteiger partial charge in [-0.05, 0) is 18.2 Å². The molecule has 1 aromatic carbocycles. The number of anilines is 1. The lowest BCUT2D eigenvalue weighted by Crippen LogP contribution is -2.13. The van der Waals surface area contributed by atoms with Crippen molar-refractivity contribution < 1.29 is 9.18 Å². The minimum atomic E-state index is -0.418. The molecule has 1 amide bonds. The van der Waals surface area contributed by atoms with Gasteiger partial charge < -0.3 is 5.32 Å². The first kappa shape index (κ1) is 10.2. The van der Waals surface area contributed by atoms with Gasteiger partial charge in [0.15, 0.2) is 0 Å². The van der Waals surface area contributed by atoms with Crippen molar-refractivity contribution in [2.75, 3.05) is 5.32 Å². The Kier molecular flexibility index (Phi) is 2.86. The van der Waals surface area contributed by atoms with E-state index in [1.54, 1.807) is 6.07 Å². The van der Waals surface area contributed by atoms with Crippen LogP contribution in [0.3, 0.4) is 0 Å². The lowest BCUT2D eigenvalue weighted by molar-refractivity contribution is 0.102. The summed E-state index contributed by atoms with van der Waals surface area (Å²) >= 11 is 0. The fraction of sp³-hybridized carbons (Fsp3) is 0. The molecule has 0 aliphatic carbocycles. The van der Waals surface area contributed by atoms with Gasteiger partial charge in [0, 0.05) is 18.1 Å². The predicted octanol–water partition coefficient (Wildman–Crippen LogP) is 1.87. The van der Waals surface area contributed by atoms with E-state index in [-0.39, 0.29) is 5.69 Å².